The van der Waals surface area contributed by atoms with Crippen molar-refractivity contribution in [1.29, 1.82) is 0 Å². The first kappa shape index (κ1) is 22.2. The van der Waals surface area contributed by atoms with Crippen molar-refractivity contribution < 1.29 is 26.4 Å². The van der Waals surface area contributed by atoms with Gasteiger partial charge in [-0.2, -0.15) is 13.2 Å². The van der Waals surface area contributed by atoms with Crippen LogP contribution >= 0.6 is 0 Å². The van der Waals surface area contributed by atoms with Gasteiger partial charge in [0.15, 0.2) is 0 Å². The molecular weight excluding hydrogens is 431 g/mol. The zero-order chi connectivity index (χ0) is 22.6. The minimum Gasteiger partial charge on any atom is -0.298 e. The molecule has 0 atom stereocenters. The number of alkyl halides is 3. The molecule has 0 aromatic heterocycles. The smallest absolute Gasteiger partial charge is 0.298 e. The van der Waals surface area contributed by atoms with Crippen LogP contribution in [-0.2, 0) is 16.2 Å². The van der Waals surface area contributed by atoms with Crippen molar-refractivity contribution in [2.24, 2.45) is 0 Å². The van der Waals surface area contributed by atoms with E-state index in [9.17, 15) is 26.4 Å². The van der Waals surface area contributed by atoms with Gasteiger partial charge in [0.05, 0.1) is 16.1 Å². The molecule has 3 aromatic carbocycles. The van der Waals surface area contributed by atoms with Gasteiger partial charge in [-0.1, -0.05) is 30.3 Å². The summed E-state index contributed by atoms with van der Waals surface area (Å²) in [5.41, 5.74) is 4.28. The fraction of sp³-hybridized carbons (Fsp3) is 0.0952. The van der Waals surface area contributed by atoms with E-state index in [1.165, 1.54) is 30.3 Å². The molecule has 162 valence electrons. The largest absolute Gasteiger partial charge is 0.418 e. The number of carbonyl (C=O) groups is 1. The summed E-state index contributed by atoms with van der Waals surface area (Å²) in [7, 11) is -3.98. The number of para-hydroxylation sites is 1. The van der Waals surface area contributed by atoms with Crippen LogP contribution in [0.5, 0.6) is 0 Å². The van der Waals surface area contributed by atoms with Gasteiger partial charge in [0, 0.05) is 11.3 Å². The average Bonchev–Trinajstić information content (AvgIpc) is 2.71. The summed E-state index contributed by atoms with van der Waals surface area (Å²) in [5.74, 6) is -0.801. The number of sulfonamides is 1. The van der Waals surface area contributed by atoms with Crippen molar-refractivity contribution in [3.63, 3.8) is 0 Å². The van der Waals surface area contributed by atoms with Crippen LogP contribution in [0.1, 0.15) is 21.5 Å². The van der Waals surface area contributed by atoms with E-state index < -0.39 is 27.7 Å². The number of benzene rings is 3. The first-order valence-electron chi connectivity index (χ1n) is 8.98. The number of amides is 1. The van der Waals surface area contributed by atoms with Crippen LogP contribution in [-0.4, -0.2) is 14.3 Å². The Hall–Kier alpha value is -3.53. The molecule has 0 bridgehead atoms. The van der Waals surface area contributed by atoms with Gasteiger partial charge in [-0.3, -0.25) is 20.4 Å². The minimum atomic E-state index is -4.61. The summed E-state index contributed by atoms with van der Waals surface area (Å²) in [6.45, 7) is 1.81. The van der Waals surface area contributed by atoms with Gasteiger partial charge in [0.2, 0.25) is 0 Å². The van der Waals surface area contributed by atoms with E-state index in [1.54, 1.807) is 18.2 Å². The van der Waals surface area contributed by atoms with Gasteiger partial charge in [-0.25, -0.2) is 8.42 Å². The molecular formula is C21H18F3N3O3S. The molecule has 6 nitrogen and oxygen atoms in total. The van der Waals surface area contributed by atoms with Crippen molar-refractivity contribution in [1.82, 2.24) is 5.43 Å². The normalized spacial score (nSPS) is 11.6. The van der Waals surface area contributed by atoms with Gasteiger partial charge in [0.25, 0.3) is 15.9 Å². The second-order valence-corrected chi connectivity index (χ2v) is 8.31. The topological polar surface area (TPSA) is 87.3 Å². The van der Waals surface area contributed by atoms with E-state index in [0.29, 0.717) is 5.69 Å². The highest BCUT2D eigenvalue weighted by molar-refractivity contribution is 7.92. The monoisotopic (exact) mass is 449 g/mol. The molecule has 31 heavy (non-hydrogen) atoms. The molecule has 0 heterocycles. The Morgan fingerprint density at radius 1 is 0.903 bits per heavy atom. The predicted octanol–water partition coefficient (Wildman–Crippen LogP) is 4.57. The maximum atomic E-state index is 13.1. The van der Waals surface area contributed by atoms with Gasteiger partial charge < -0.3 is 0 Å². The Bertz CT molecular complexity index is 1210. The van der Waals surface area contributed by atoms with Crippen molar-refractivity contribution in [2.75, 3.05) is 10.1 Å². The second-order valence-electron chi connectivity index (χ2n) is 6.63. The Balaban J connectivity index is 1.76. The predicted molar refractivity (Wildman–Crippen MR) is 111 cm³/mol. The third-order valence-corrected chi connectivity index (χ3v) is 5.60. The fourth-order valence-corrected chi connectivity index (χ4v) is 3.86. The van der Waals surface area contributed by atoms with E-state index in [2.05, 4.69) is 15.6 Å². The first-order valence-corrected chi connectivity index (χ1v) is 10.5. The quantitative estimate of drug-likeness (QED) is 0.481. The Morgan fingerprint density at radius 3 is 2.32 bits per heavy atom. The highest BCUT2D eigenvalue weighted by Gasteiger charge is 2.33. The molecule has 3 N–H and O–H groups in total. The molecule has 0 aliphatic heterocycles. The summed E-state index contributed by atoms with van der Waals surface area (Å²) in [6, 6.07) is 16.5. The van der Waals surface area contributed by atoms with E-state index in [4.69, 9.17) is 0 Å². The molecule has 0 fully saturated rings. The lowest BCUT2D eigenvalue weighted by Crippen LogP contribution is -2.30. The molecule has 3 rings (SSSR count). The first-order chi connectivity index (χ1) is 14.6. The molecule has 0 unspecified atom stereocenters. The molecule has 0 spiro atoms. The number of hydrogen-bond acceptors (Lipinski definition) is 4. The number of carbonyl (C=O) groups excluding carboxylic acids is 1. The van der Waals surface area contributed by atoms with Gasteiger partial charge in [-0.15, -0.1) is 0 Å². The van der Waals surface area contributed by atoms with Crippen molar-refractivity contribution in [3.8, 4) is 0 Å². The van der Waals surface area contributed by atoms with Crippen LogP contribution in [0.2, 0.25) is 0 Å². The van der Waals surface area contributed by atoms with Crippen molar-refractivity contribution >= 4 is 27.3 Å². The highest BCUT2D eigenvalue weighted by Crippen LogP contribution is 2.34. The maximum absolute atomic E-state index is 13.1. The van der Waals surface area contributed by atoms with Gasteiger partial charge in [0.1, 0.15) is 0 Å². The lowest BCUT2D eigenvalue weighted by molar-refractivity contribution is -0.137. The Labute approximate surface area is 177 Å². The Kier molecular flexibility index (Phi) is 6.21. The standard InChI is InChI=1S/C21H18F3N3O3S/c1-14-6-4-8-16(12-14)27-31(29,30)17-9-5-7-15(13-17)20(28)26-25-19-11-3-2-10-18(19)21(22,23)24/h2-13,25,27H,1H3,(H,26,28). The number of halogens is 3. The lowest BCUT2D eigenvalue weighted by Gasteiger charge is -2.15. The summed E-state index contributed by atoms with van der Waals surface area (Å²) < 4.78 is 66.9. The van der Waals surface area contributed by atoms with E-state index >= 15 is 0 Å². The number of anilines is 2. The van der Waals surface area contributed by atoms with Crippen LogP contribution < -0.4 is 15.6 Å². The summed E-state index contributed by atoms with van der Waals surface area (Å²) in [5, 5.41) is 0. The molecule has 0 saturated carbocycles. The number of hydrazine groups is 1. The summed E-state index contributed by atoms with van der Waals surface area (Å²) in [4.78, 5) is 12.2. The average molecular weight is 449 g/mol. The van der Waals surface area contributed by atoms with Crippen LogP contribution in [0.3, 0.4) is 0 Å². The van der Waals surface area contributed by atoms with E-state index in [0.717, 1.165) is 23.8 Å². The van der Waals surface area contributed by atoms with Crippen LogP contribution in [0.25, 0.3) is 0 Å². The molecule has 0 aliphatic rings. The Morgan fingerprint density at radius 2 is 1.61 bits per heavy atom. The van der Waals surface area contributed by atoms with Crippen LogP contribution in [0.4, 0.5) is 24.5 Å². The minimum absolute atomic E-state index is 0.0518. The second kappa shape index (κ2) is 8.68. The SMILES string of the molecule is Cc1cccc(NS(=O)(=O)c2cccc(C(=O)NNc3ccccc3C(F)(F)F)c2)c1. The maximum Gasteiger partial charge on any atom is 0.418 e. The third kappa shape index (κ3) is 5.54. The van der Waals surface area contributed by atoms with Crippen molar-refractivity contribution in [3.05, 3.63) is 89.5 Å². The van der Waals surface area contributed by atoms with E-state index in [1.807, 2.05) is 13.0 Å². The highest BCUT2D eigenvalue weighted by atomic mass is 32.2. The molecule has 0 aliphatic carbocycles. The number of aryl methyl sites for hydroxylation is 1. The molecule has 0 radical (unpaired) electrons. The van der Waals surface area contributed by atoms with Crippen molar-refractivity contribution in [2.45, 2.75) is 18.0 Å². The third-order valence-electron chi connectivity index (χ3n) is 4.22. The van der Waals surface area contributed by atoms with Gasteiger partial charge >= 0.3 is 6.18 Å². The van der Waals surface area contributed by atoms with Gasteiger partial charge in [-0.05, 0) is 55.0 Å². The number of rotatable bonds is 6. The number of hydrogen-bond donors (Lipinski definition) is 3. The summed E-state index contributed by atoms with van der Waals surface area (Å²) >= 11 is 0. The van der Waals surface area contributed by atoms with Crippen LogP contribution in [0.15, 0.2) is 77.7 Å². The lowest BCUT2D eigenvalue weighted by atomic mass is 10.2. The zero-order valence-corrected chi connectivity index (χ0v) is 17.0. The fourth-order valence-electron chi connectivity index (χ4n) is 2.76. The van der Waals surface area contributed by atoms with E-state index in [-0.39, 0.29) is 16.1 Å². The molecule has 1 amide bonds. The molecule has 3 aromatic rings. The summed E-state index contributed by atoms with van der Waals surface area (Å²) in [6.07, 6.45) is -4.61. The number of nitrogens with one attached hydrogen (secondary N) is 3. The molecule has 10 heteroatoms. The zero-order valence-electron chi connectivity index (χ0n) is 16.2. The molecule has 0 saturated heterocycles. The van der Waals surface area contributed by atoms with Crippen LogP contribution in [0, 0.1) is 6.92 Å².